The highest BCUT2D eigenvalue weighted by atomic mass is 35.5. The number of pyridine rings is 1. The van der Waals surface area contributed by atoms with Crippen molar-refractivity contribution in [3.8, 4) is 0 Å². The van der Waals surface area contributed by atoms with Gasteiger partial charge in [-0.05, 0) is 6.92 Å². The Labute approximate surface area is 69.2 Å². The number of nitrogens with two attached hydrogens (primary N) is 1. The first-order valence-corrected chi connectivity index (χ1v) is 3.40. The maximum atomic E-state index is 10.8. The molecule has 0 bridgehead atoms. The lowest BCUT2D eigenvalue weighted by Crippen LogP contribution is -1.98. The molecule has 0 saturated carbocycles. The minimum absolute atomic E-state index is 0.130. The fourth-order valence-corrected chi connectivity index (χ4v) is 0.937. The Morgan fingerprint density at radius 2 is 2.27 bits per heavy atom. The monoisotopic (exact) mass is 170 g/mol. The van der Waals surface area contributed by atoms with E-state index in [0.717, 1.165) is 0 Å². The molecule has 4 heteroatoms. The molecule has 0 aliphatic rings. The number of hydrogen-bond acceptors (Lipinski definition) is 3. The van der Waals surface area contributed by atoms with Gasteiger partial charge in [0.2, 0.25) is 0 Å². The number of aromatic nitrogens is 1. The third-order valence-electron chi connectivity index (χ3n) is 1.29. The van der Waals surface area contributed by atoms with Gasteiger partial charge in [0.15, 0.2) is 5.78 Å². The summed E-state index contributed by atoms with van der Waals surface area (Å²) in [5, 5.41) is 0.285. The zero-order valence-corrected chi connectivity index (χ0v) is 6.72. The van der Waals surface area contributed by atoms with Crippen molar-refractivity contribution in [1.82, 2.24) is 4.98 Å². The number of hydrogen-bond donors (Lipinski definition) is 1. The van der Waals surface area contributed by atoms with Crippen molar-refractivity contribution in [3.05, 3.63) is 23.0 Å². The molecule has 0 aromatic carbocycles. The predicted octanol–water partition coefficient (Wildman–Crippen LogP) is 1.52. The smallest absolute Gasteiger partial charge is 0.162 e. The molecule has 0 radical (unpaired) electrons. The highest BCUT2D eigenvalue weighted by molar-refractivity contribution is 6.36. The molecule has 1 aromatic rings. The Balaban J connectivity index is 3.27. The van der Waals surface area contributed by atoms with E-state index in [9.17, 15) is 4.79 Å². The van der Waals surface area contributed by atoms with Gasteiger partial charge in [0.1, 0.15) is 0 Å². The van der Waals surface area contributed by atoms with E-state index < -0.39 is 0 Å². The first kappa shape index (κ1) is 8.01. The van der Waals surface area contributed by atoms with E-state index >= 15 is 0 Å². The summed E-state index contributed by atoms with van der Waals surface area (Å²) >= 11 is 5.70. The number of halogens is 1. The maximum Gasteiger partial charge on any atom is 0.162 e. The van der Waals surface area contributed by atoms with Crippen LogP contribution < -0.4 is 5.73 Å². The van der Waals surface area contributed by atoms with Crippen molar-refractivity contribution in [3.63, 3.8) is 0 Å². The zero-order chi connectivity index (χ0) is 8.43. The van der Waals surface area contributed by atoms with Gasteiger partial charge in [0, 0.05) is 6.20 Å². The molecule has 0 atom stereocenters. The average molecular weight is 171 g/mol. The summed E-state index contributed by atoms with van der Waals surface area (Å²) in [4.78, 5) is 14.6. The van der Waals surface area contributed by atoms with Crippen LogP contribution in [-0.2, 0) is 0 Å². The van der Waals surface area contributed by atoms with Crippen LogP contribution in [-0.4, -0.2) is 10.8 Å². The molecule has 1 aromatic heterocycles. The van der Waals surface area contributed by atoms with Gasteiger partial charge in [0.05, 0.1) is 22.5 Å². The Bertz CT molecular complexity index is 298. The van der Waals surface area contributed by atoms with Crippen molar-refractivity contribution in [2.75, 3.05) is 5.73 Å². The predicted molar refractivity (Wildman–Crippen MR) is 43.7 cm³/mol. The molecule has 0 saturated heterocycles. The summed E-state index contributed by atoms with van der Waals surface area (Å²) in [6, 6.07) is 0. The molecular formula is C7H7ClN2O. The first-order valence-electron chi connectivity index (χ1n) is 3.03. The first-order chi connectivity index (χ1) is 5.13. The van der Waals surface area contributed by atoms with Crippen molar-refractivity contribution in [2.24, 2.45) is 0 Å². The Morgan fingerprint density at radius 1 is 1.64 bits per heavy atom. The van der Waals surface area contributed by atoms with Crippen LogP contribution in [0.1, 0.15) is 17.3 Å². The fraction of sp³-hybridized carbons (Fsp3) is 0.143. The second-order valence-corrected chi connectivity index (χ2v) is 2.52. The minimum Gasteiger partial charge on any atom is -0.396 e. The lowest BCUT2D eigenvalue weighted by Gasteiger charge is -2.00. The van der Waals surface area contributed by atoms with Crippen LogP contribution in [0.3, 0.4) is 0 Å². The van der Waals surface area contributed by atoms with Gasteiger partial charge in [0.25, 0.3) is 0 Å². The second kappa shape index (κ2) is 2.88. The molecule has 1 rings (SSSR count). The van der Waals surface area contributed by atoms with Crippen LogP contribution in [0.5, 0.6) is 0 Å². The standard InChI is InChI=1S/C7H7ClN2O/c1-4(11)5-2-10-3-6(9)7(5)8/h2-3H,9H2,1H3. The number of Topliss-reactive ketones (excluding diaryl/α,β-unsaturated/α-hetero) is 1. The van der Waals surface area contributed by atoms with Crippen molar-refractivity contribution < 1.29 is 4.79 Å². The topological polar surface area (TPSA) is 56.0 Å². The third kappa shape index (κ3) is 1.49. The van der Waals surface area contributed by atoms with Crippen molar-refractivity contribution in [2.45, 2.75) is 6.92 Å². The van der Waals surface area contributed by atoms with E-state index in [-0.39, 0.29) is 10.8 Å². The summed E-state index contributed by atoms with van der Waals surface area (Å²) in [6.45, 7) is 1.42. The number of rotatable bonds is 1. The molecule has 0 aliphatic carbocycles. The van der Waals surface area contributed by atoms with Crippen LogP contribution in [0.25, 0.3) is 0 Å². The van der Waals surface area contributed by atoms with Gasteiger partial charge in [-0.2, -0.15) is 0 Å². The normalized spacial score (nSPS) is 9.64. The Morgan fingerprint density at radius 3 is 2.73 bits per heavy atom. The molecule has 0 aliphatic heterocycles. The van der Waals surface area contributed by atoms with Crippen LogP contribution in [0.15, 0.2) is 12.4 Å². The van der Waals surface area contributed by atoms with E-state index in [1.54, 1.807) is 0 Å². The summed E-state index contributed by atoms with van der Waals surface area (Å²) in [7, 11) is 0. The highest BCUT2D eigenvalue weighted by Gasteiger charge is 2.07. The molecule has 3 nitrogen and oxygen atoms in total. The number of nitrogen functional groups attached to an aromatic ring is 1. The minimum atomic E-state index is -0.130. The number of anilines is 1. The average Bonchev–Trinajstić information content (AvgIpc) is 1.94. The quantitative estimate of drug-likeness (QED) is 0.651. The molecule has 11 heavy (non-hydrogen) atoms. The molecule has 2 N–H and O–H groups in total. The van der Waals surface area contributed by atoms with Gasteiger partial charge in [-0.25, -0.2) is 0 Å². The summed E-state index contributed by atoms with van der Waals surface area (Å²) in [5.74, 6) is -0.130. The largest absolute Gasteiger partial charge is 0.396 e. The molecule has 1 heterocycles. The van der Waals surface area contributed by atoms with Crippen LogP contribution in [0.2, 0.25) is 5.02 Å². The number of ketones is 1. The summed E-state index contributed by atoms with van der Waals surface area (Å²) < 4.78 is 0. The summed E-state index contributed by atoms with van der Waals surface area (Å²) in [5.41, 5.74) is 6.11. The molecule has 0 fully saturated rings. The van der Waals surface area contributed by atoms with E-state index in [1.807, 2.05) is 0 Å². The highest BCUT2D eigenvalue weighted by Crippen LogP contribution is 2.21. The molecular weight excluding hydrogens is 164 g/mol. The van der Waals surface area contributed by atoms with Crippen molar-refractivity contribution in [1.29, 1.82) is 0 Å². The van der Waals surface area contributed by atoms with Gasteiger partial charge < -0.3 is 5.73 Å². The molecule has 58 valence electrons. The number of carbonyl (C=O) groups is 1. The van der Waals surface area contributed by atoms with Gasteiger partial charge in [-0.3, -0.25) is 9.78 Å². The van der Waals surface area contributed by atoms with Crippen molar-refractivity contribution >= 4 is 23.1 Å². The SMILES string of the molecule is CC(=O)c1cncc(N)c1Cl. The maximum absolute atomic E-state index is 10.8. The van der Waals surface area contributed by atoms with E-state index in [0.29, 0.717) is 11.3 Å². The lowest BCUT2D eigenvalue weighted by atomic mass is 10.2. The van der Waals surface area contributed by atoms with Gasteiger partial charge in [-0.1, -0.05) is 11.6 Å². The molecule has 0 spiro atoms. The summed E-state index contributed by atoms with van der Waals surface area (Å²) in [6.07, 6.45) is 2.82. The molecule has 0 unspecified atom stereocenters. The van der Waals surface area contributed by atoms with E-state index in [1.165, 1.54) is 19.3 Å². The van der Waals surface area contributed by atoms with E-state index in [2.05, 4.69) is 4.98 Å². The fourth-order valence-electron chi connectivity index (χ4n) is 0.706. The number of carbonyl (C=O) groups excluding carboxylic acids is 1. The third-order valence-corrected chi connectivity index (χ3v) is 1.71. The van der Waals surface area contributed by atoms with E-state index in [4.69, 9.17) is 17.3 Å². The molecule has 0 amide bonds. The zero-order valence-electron chi connectivity index (χ0n) is 5.97. The van der Waals surface area contributed by atoms with Crippen LogP contribution in [0, 0.1) is 0 Å². The van der Waals surface area contributed by atoms with Gasteiger partial charge >= 0.3 is 0 Å². The van der Waals surface area contributed by atoms with Crippen LogP contribution in [0.4, 0.5) is 5.69 Å². The second-order valence-electron chi connectivity index (χ2n) is 2.15. The lowest BCUT2D eigenvalue weighted by molar-refractivity contribution is 0.101. The Hall–Kier alpha value is -1.09. The van der Waals surface area contributed by atoms with Gasteiger partial charge in [-0.15, -0.1) is 0 Å². The van der Waals surface area contributed by atoms with Crippen LogP contribution >= 0.6 is 11.6 Å². The Kier molecular flexibility index (Phi) is 2.10. The number of nitrogens with zero attached hydrogens (tertiary/aromatic N) is 1.